The molecule has 0 aromatic carbocycles. The van der Waals surface area contributed by atoms with Gasteiger partial charge in [-0.3, -0.25) is 0 Å². The maximum absolute atomic E-state index is 13.0. The fraction of sp³-hybridized carbons (Fsp3) is 0.692. The maximum Gasteiger partial charge on any atom is 0.214 e. The summed E-state index contributed by atoms with van der Waals surface area (Å²) in [5.74, 6) is -0.481. The molecule has 1 rings (SSSR count). The molecule has 0 saturated carbocycles. The van der Waals surface area contributed by atoms with Crippen molar-refractivity contribution in [3.05, 3.63) is 24.0 Å². The van der Waals surface area contributed by atoms with Crippen molar-refractivity contribution in [2.45, 2.75) is 57.2 Å². The average Bonchev–Trinajstić information content (AvgIpc) is 2.34. The summed E-state index contributed by atoms with van der Waals surface area (Å²) in [7, 11) is -6.15. The first-order chi connectivity index (χ1) is 9.75. The van der Waals surface area contributed by atoms with Crippen molar-refractivity contribution < 1.29 is 17.2 Å². The number of primary sulfonamides is 1. The fourth-order valence-corrected chi connectivity index (χ4v) is 3.41. The molecule has 0 fully saturated rings. The van der Waals surface area contributed by atoms with Crippen molar-refractivity contribution in [2.75, 3.05) is 0 Å². The van der Waals surface area contributed by atoms with Crippen LogP contribution in [0.1, 0.15) is 39.6 Å². The molecule has 1 unspecified atom stereocenters. The van der Waals surface area contributed by atoms with Crippen LogP contribution >= 0.6 is 0 Å². The molecule has 1 heterocycles. The molecular formula is C13H24FN3O3SSi. The summed E-state index contributed by atoms with van der Waals surface area (Å²) in [5, 5.41) is 4.08. The third kappa shape index (κ3) is 4.54. The highest BCUT2D eigenvalue weighted by atomic mass is 32.2. The minimum absolute atomic E-state index is 0.118. The smallest absolute Gasteiger partial charge is 0.214 e. The molecular weight excluding hydrogens is 325 g/mol. The standard InChI is InChI=1S/C13H24FN3O3SSi/c1-9(21(15,18)19)11(12-16-7-10(14)8-17-12)20-22(5,6)13(2,3)4/h7-9,11H,1-6H3,(H2,15,18,19)/t9-,11?/m0/s1. The Bertz CT molecular complexity index is 614. The Kier molecular flexibility index (Phi) is 5.49. The maximum atomic E-state index is 13.0. The Morgan fingerprint density at radius 2 is 1.73 bits per heavy atom. The number of sulfonamides is 1. The van der Waals surface area contributed by atoms with E-state index in [-0.39, 0.29) is 10.9 Å². The van der Waals surface area contributed by atoms with Crippen LogP contribution in [0.4, 0.5) is 4.39 Å². The van der Waals surface area contributed by atoms with E-state index >= 15 is 0 Å². The van der Waals surface area contributed by atoms with E-state index in [1.54, 1.807) is 0 Å². The fourth-order valence-electron chi connectivity index (χ4n) is 1.49. The Morgan fingerprint density at radius 3 is 2.09 bits per heavy atom. The van der Waals surface area contributed by atoms with Crippen molar-refractivity contribution in [1.29, 1.82) is 0 Å². The van der Waals surface area contributed by atoms with Crippen molar-refractivity contribution >= 4 is 18.3 Å². The van der Waals surface area contributed by atoms with Crippen molar-refractivity contribution in [3.63, 3.8) is 0 Å². The van der Waals surface area contributed by atoms with Crippen LogP contribution in [0.5, 0.6) is 0 Å². The Morgan fingerprint density at radius 1 is 1.27 bits per heavy atom. The second kappa shape index (κ2) is 6.30. The molecule has 0 spiro atoms. The van der Waals surface area contributed by atoms with Crippen molar-refractivity contribution in [3.8, 4) is 0 Å². The third-order valence-corrected chi connectivity index (χ3v) is 9.81. The lowest BCUT2D eigenvalue weighted by Crippen LogP contribution is -2.46. The molecule has 6 nitrogen and oxygen atoms in total. The summed E-state index contributed by atoms with van der Waals surface area (Å²) in [4.78, 5) is 7.74. The monoisotopic (exact) mass is 349 g/mol. The molecule has 2 N–H and O–H groups in total. The zero-order valence-corrected chi connectivity index (χ0v) is 15.6. The van der Waals surface area contributed by atoms with E-state index in [2.05, 4.69) is 9.97 Å². The van der Waals surface area contributed by atoms with Gasteiger partial charge in [0.25, 0.3) is 0 Å². The molecule has 0 aliphatic rings. The Labute approximate surface area is 132 Å². The minimum Gasteiger partial charge on any atom is -0.405 e. The molecule has 0 radical (unpaired) electrons. The lowest BCUT2D eigenvalue weighted by molar-refractivity contribution is 0.172. The lowest BCUT2D eigenvalue weighted by atomic mass is 10.2. The number of nitrogens with zero attached hydrogens (tertiary/aromatic N) is 2. The number of hydrogen-bond acceptors (Lipinski definition) is 5. The SMILES string of the molecule is C[C@@H](C(O[Si](C)(C)C(C)(C)C)c1ncc(F)cn1)S(N)(=O)=O. The third-order valence-electron chi connectivity index (χ3n) is 4.07. The molecule has 2 atom stereocenters. The first kappa shape index (κ1) is 19.1. The van der Waals surface area contributed by atoms with Crippen LogP contribution in [-0.2, 0) is 14.4 Å². The van der Waals surface area contributed by atoms with Gasteiger partial charge < -0.3 is 4.43 Å². The molecule has 0 amide bonds. The molecule has 0 saturated heterocycles. The van der Waals surface area contributed by atoms with Gasteiger partial charge in [0.15, 0.2) is 20.0 Å². The second-order valence-electron chi connectivity index (χ2n) is 6.85. The first-order valence-corrected chi connectivity index (χ1v) is 11.4. The highest BCUT2D eigenvalue weighted by molar-refractivity contribution is 7.89. The summed E-state index contributed by atoms with van der Waals surface area (Å²) in [6, 6.07) is 0. The van der Waals surface area contributed by atoms with Gasteiger partial charge in [-0.15, -0.1) is 0 Å². The number of nitrogens with two attached hydrogens (primary N) is 1. The van der Waals surface area contributed by atoms with E-state index in [9.17, 15) is 12.8 Å². The van der Waals surface area contributed by atoms with Gasteiger partial charge in [0.2, 0.25) is 10.0 Å². The van der Waals surface area contributed by atoms with E-state index < -0.39 is 35.5 Å². The van der Waals surface area contributed by atoms with Crippen LogP contribution in [0.3, 0.4) is 0 Å². The quantitative estimate of drug-likeness (QED) is 0.823. The van der Waals surface area contributed by atoms with E-state index in [1.807, 2.05) is 33.9 Å². The summed E-state index contributed by atoms with van der Waals surface area (Å²) in [6.07, 6.45) is 1.04. The second-order valence-corrected chi connectivity index (χ2v) is 13.5. The average molecular weight is 350 g/mol. The Balaban J connectivity index is 3.27. The van der Waals surface area contributed by atoms with Crippen LogP contribution in [0.15, 0.2) is 12.4 Å². The van der Waals surface area contributed by atoms with Gasteiger partial charge in [-0.2, -0.15) is 0 Å². The zero-order chi connectivity index (χ0) is 17.3. The summed E-state index contributed by atoms with van der Waals surface area (Å²) < 4.78 is 42.6. The molecule has 1 aromatic heterocycles. The van der Waals surface area contributed by atoms with Gasteiger partial charge in [0.1, 0.15) is 11.4 Å². The van der Waals surface area contributed by atoms with Crippen LogP contribution in [0.25, 0.3) is 0 Å². The number of rotatable bonds is 5. The number of aromatic nitrogens is 2. The highest BCUT2D eigenvalue weighted by Crippen LogP contribution is 2.40. The normalized spacial score (nSPS) is 16.4. The van der Waals surface area contributed by atoms with Crippen LogP contribution in [0, 0.1) is 5.82 Å². The predicted molar refractivity (Wildman–Crippen MR) is 85.6 cm³/mol. The predicted octanol–water partition coefficient (Wildman–Crippen LogP) is 2.36. The van der Waals surface area contributed by atoms with E-state index in [1.165, 1.54) is 6.92 Å². The highest BCUT2D eigenvalue weighted by Gasteiger charge is 2.43. The van der Waals surface area contributed by atoms with E-state index in [0.29, 0.717) is 0 Å². The van der Waals surface area contributed by atoms with Gasteiger partial charge in [0, 0.05) is 0 Å². The zero-order valence-electron chi connectivity index (χ0n) is 13.8. The largest absolute Gasteiger partial charge is 0.405 e. The Hall–Kier alpha value is -0.903. The topological polar surface area (TPSA) is 95.2 Å². The summed E-state index contributed by atoms with van der Waals surface area (Å²) in [6.45, 7) is 11.5. The van der Waals surface area contributed by atoms with Crippen molar-refractivity contribution in [2.24, 2.45) is 5.14 Å². The first-order valence-electron chi connectivity index (χ1n) is 6.92. The number of halogens is 1. The van der Waals surface area contributed by atoms with Crippen molar-refractivity contribution in [1.82, 2.24) is 9.97 Å². The minimum atomic E-state index is -3.85. The van der Waals surface area contributed by atoms with Crippen LogP contribution in [0.2, 0.25) is 18.1 Å². The lowest BCUT2D eigenvalue weighted by Gasteiger charge is -2.39. The number of hydrogen-bond donors (Lipinski definition) is 1. The molecule has 126 valence electrons. The molecule has 0 aliphatic carbocycles. The van der Waals surface area contributed by atoms with Gasteiger partial charge in [0.05, 0.1) is 12.4 Å². The van der Waals surface area contributed by atoms with Gasteiger partial charge >= 0.3 is 0 Å². The van der Waals surface area contributed by atoms with Gasteiger partial charge in [-0.05, 0) is 25.1 Å². The van der Waals surface area contributed by atoms with Gasteiger partial charge in [-0.25, -0.2) is 27.9 Å². The van der Waals surface area contributed by atoms with Crippen LogP contribution in [-0.4, -0.2) is 32.0 Å². The van der Waals surface area contributed by atoms with Crippen LogP contribution < -0.4 is 5.14 Å². The molecule has 1 aromatic rings. The van der Waals surface area contributed by atoms with E-state index in [0.717, 1.165) is 12.4 Å². The van der Waals surface area contributed by atoms with E-state index in [4.69, 9.17) is 9.56 Å². The molecule has 0 bridgehead atoms. The molecule has 22 heavy (non-hydrogen) atoms. The molecule has 0 aliphatic heterocycles. The summed E-state index contributed by atoms with van der Waals surface area (Å²) >= 11 is 0. The summed E-state index contributed by atoms with van der Waals surface area (Å²) in [5.41, 5.74) is 0. The molecule has 9 heteroatoms. The van der Waals surface area contributed by atoms with Gasteiger partial charge in [-0.1, -0.05) is 20.8 Å².